The van der Waals surface area contributed by atoms with E-state index in [1.807, 2.05) is 30.7 Å². The first-order valence-electron chi connectivity index (χ1n) is 10.3. The summed E-state index contributed by atoms with van der Waals surface area (Å²) < 4.78 is 2.11. The highest BCUT2D eigenvalue weighted by atomic mass is 35.5. The topological polar surface area (TPSA) is 58.5 Å². The van der Waals surface area contributed by atoms with E-state index in [0.29, 0.717) is 6.04 Å². The van der Waals surface area contributed by atoms with E-state index in [4.69, 9.17) is 11.6 Å². The van der Waals surface area contributed by atoms with Crippen LogP contribution in [0.25, 0.3) is 34.3 Å². The summed E-state index contributed by atoms with van der Waals surface area (Å²) in [5.74, 6) is 0. The Hall–Kier alpha value is -2.89. The van der Waals surface area contributed by atoms with Crippen LogP contribution in [-0.2, 0) is 0 Å². The first-order chi connectivity index (χ1) is 14.7. The van der Waals surface area contributed by atoms with Gasteiger partial charge >= 0.3 is 0 Å². The van der Waals surface area contributed by atoms with Gasteiger partial charge in [0.2, 0.25) is 0 Å². The summed E-state index contributed by atoms with van der Waals surface area (Å²) in [5.41, 5.74) is 6.33. The lowest BCUT2D eigenvalue weighted by atomic mass is 10.1. The Morgan fingerprint density at radius 1 is 1.13 bits per heavy atom. The molecule has 1 aliphatic heterocycles. The zero-order valence-corrected chi connectivity index (χ0v) is 17.7. The van der Waals surface area contributed by atoms with Crippen molar-refractivity contribution in [2.24, 2.45) is 0 Å². The second-order valence-corrected chi connectivity index (χ2v) is 8.27. The molecule has 5 rings (SSSR count). The number of halogens is 1. The maximum absolute atomic E-state index is 6.37. The summed E-state index contributed by atoms with van der Waals surface area (Å²) >= 11 is 6.37. The smallest absolute Gasteiger partial charge is 0.137 e. The number of aryl methyl sites for hydroxylation is 1. The minimum atomic E-state index is 0.473. The van der Waals surface area contributed by atoms with E-state index in [1.165, 1.54) is 0 Å². The number of fused-ring (bicyclic) bond motifs is 1. The Balaban J connectivity index is 1.46. The number of aromatic nitrogens is 4. The molecule has 5 nitrogen and oxygen atoms in total. The number of nitrogens with one attached hydrogen (secondary N) is 2. The first-order valence-corrected chi connectivity index (χ1v) is 10.7. The molecule has 4 heterocycles. The lowest BCUT2D eigenvalue weighted by Crippen LogP contribution is -2.29. The summed E-state index contributed by atoms with van der Waals surface area (Å²) in [7, 11) is 0. The maximum Gasteiger partial charge on any atom is 0.137 e. The van der Waals surface area contributed by atoms with Gasteiger partial charge in [0.05, 0.1) is 12.2 Å². The molecule has 0 spiro atoms. The van der Waals surface area contributed by atoms with Crippen molar-refractivity contribution in [1.82, 2.24) is 25.1 Å². The molecule has 0 saturated carbocycles. The minimum absolute atomic E-state index is 0.473. The molecule has 1 saturated heterocycles. The molecule has 0 amide bonds. The van der Waals surface area contributed by atoms with Crippen LogP contribution in [0.2, 0.25) is 5.02 Å². The summed E-state index contributed by atoms with van der Waals surface area (Å²) in [5, 5.41) is 9.88. The summed E-state index contributed by atoms with van der Waals surface area (Å²) in [6, 6.07) is 8.62. The molecule has 0 atom stereocenters. The number of aromatic amines is 1. The average Bonchev–Trinajstić information content (AvgIpc) is 3.41. The van der Waals surface area contributed by atoms with Crippen LogP contribution in [-0.4, -0.2) is 32.8 Å². The average molecular weight is 418 g/mol. The molecule has 0 radical (unpaired) electrons. The molecule has 3 aromatic heterocycles. The van der Waals surface area contributed by atoms with Gasteiger partial charge in [-0.3, -0.25) is 4.68 Å². The van der Waals surface area contributed by atoms with Crippen molar-refractivity contribution in [3.8, 4) is 11.1 Å². The standard InChI is InChI=1S/C24H24ClN5/c1-16-3-2-4-23(25)21(16)6-5-17-12-27-24-22(17)11-18(13-28-24)19-14-29-30(15-19)20-7-9-26-10-8-20/h2-6,11-15,20,26H,7-10H2,1H3,(H,27,28)/b6-5-. The number of H-pyrrole nitrogens is 1. The van der Waals surface area contributed by atoms with Crippen LogP contribution in [0.3, 0.4) is 0 Å². The predicted octanol–water partition coefficient (Wildman–Crippen LogP) is 5.48. The Kier molecular flexibility index (Phi) is 5.15. The molecule has 1 fully saturated rings. The Morgan fingerprint density at radius 2 is 2.00 bits per heavy atom. The summed E-state index contributed by atoms with van der Waals surface area (Å²) in [6.07, 6.45) is 14.4. The molecular weight excluding hydrogens is 394 g/mol. The quantitative estimate of drug-likeness (QED) is 0.462. The van der Waals surface area contributed by atoms with Gasteiger partial charge in [0, 0.05) is 45.7 Å². The molecule has 0 bridgehead atoms. The number of hydrogen-bond donors (Lipinski definition) is 2. The zero-order valence-electron chi connectivity index (χ0n) is 16.9. The highest BCUT2D eigenvalue weighted by Gasteiger charge is 2.16. The van der Waals surface area contributed by atoms with Crippen molar-refractivity contribution in [3.63, 3.8) is 0 Å². The van der Waals surface area contributed by atoms with Gasteiger partial charge in [-0.1, -0.05) is 35.9 Å². The van der Waals surface area contributed by atoms with Crippen molar-refractivity contribution in [1.29, 1.82) is 0 Å². The number of rotatable bonds is 4. The fraction of sp³-hybridized carbons (Fsp3) is 0.250. The normalized spacial score (nSPS) is 15.4. The molecule has 1 aromatic carbocycles. The third kappa shape index (κ3) is 3.66. The second kappa shape index (κ2) is 8.09. The van der Waals surface area contributed by atoms with Crippen molar-refractivity contribution < 1.29 is 0 Å². The molecule has 152 valence electrons. The van der Waals surface area contributed by atoms with E-state index in [0.717, 1.165) is 69.8 Å². The molecule has 30 heavy (non-hydrogen) atoms. The Labute approximate surface area is 180 Å². The molecule has 1 aliphatic rings. The van der Waals surface area contributed by atoms with Gasteiger partial charge in [-0.2, -0.15) is 5.10 Å². The molecule has 2 N–H and O–H groups in total. The fourth-order valence-electron chi connectivity index (χ4n) is 4.11. The van der Waals surface area contributed by atoms with E-state index < -0.39 is 0 Å². The van der Waals surface area contributed by atoms with Gasteiger partial charge in [-0.15, -0.1) is 0 Å². The van der Waals surface area contributed by atoms with E-state index in [2.05, 4.69) is 62.5 Å². The largest absolute Gasteiger partial charge is 0.346 e. The second-order valence-electron chi connectivity index (χ2n) is 7.86. The van der Waals surface area contributed by atoms with Gasteiger partial charge < -0.3 is 10.3 Å². The maximum atomic E-state index is 6.37. The summed E-state index contributed by atoms with van der Waals surface area (Å²) in [4.78, 5) is 7.89. The number of hydrogen-bond acceptors (Lipinski definition) is 3. The minimum Gasteiger partial charge on any atom is -0.346 e. The van der Waals surface area contributed by atoms with Crippen LogP contribution >= 0.6 is 11.6 Å². The van der Waals surface area contributed by atoms with Crippen molar-refractivity contribution >= 4 is 34.8 Å². The predicted molar refractivity (Wildman–Crippen MR) is 124 cm³/mol. The monoisotopic (exact) mass is 417 g/mol. The molecule has 0 aliphatic carbocycles. The SMILES string of the molecule is Cc1cccc(Cl)c1/C=C\c1c[nH]c2ncc(-c3cnn(C4CCNCC4)c3)cc12. The van der Waals surface area contributed by atoms with E-state index >= 15 is 0 Å². The third-order valence-corrected chi connectivity index (χ3v) is 6.21. The number of nitrogens with zero attached hydrogens (tertiary/aromatic N) is 3. The van der Waals surface area contributed by atoms with E-state index in [-0.39, 0.29) is 0 Å². The van der Waals surface area contributed by atoms with Gasteiger partial charge in [0.15, 0.2) is 0 Å². The molecule has 0 unspecified atom stereocenters. The lowest BCUT2D eigenvalue weighted by molar-refractivity contribution is 0.343. The lowest BCUT2D eigenvalue weighted by Gasteiger charge is -2.22. The Bertz CT molecular complexity index is 1190. The highest BCUT2D eigenvalue weighted by Crippen LogP contribution is 2.28. The van der Waals surface area contributed by atoms with Gasteiger partial charge in [0.25, 0.3) is 0 Å². The molecule has 6 heteroatoms. The van der Waals surface area contributed by atoms with Crippen LogP contribution in [0.4, 0.5) is 0 Å². The van der Waals surface area contributed by atoms with Gasteiger partial charge in [-0.25, -0.2) is 4.98 Å². The number of benzene rings is 1. The van der Waals surface area contributed by atoms with Crippen LogP contribution in [0.1, 0.15) is 35.6 Å². The van der Waals surface area contributed by atoms with Crippen LogP contribution < -0.4 is 5.32 Å². The fourth-order valence-corrected chi connectivity index (χ4v) is 4.39. The highest BCUT2D eigenvalue weighted by molar-refractivity contribution is 6.32. The van der Waals surface area contributed by atoms with Crippen molar-refractivity contribution in [2.75, 3.05) is 13.1 Å². The third-order valence-electron chi connectivity index (χ3n) is 5.88. The van der Waals surface area contributed by atoms with Crippen LogP contribution in [0.15, 0.2) is 49.1 Å². The van der Waals surface area contributed by atoms with Crippen molar-refractivity contribution in [2.45, 2.75) is 25.8 Å². The van der Waals surface area contributed by atoms with Crippen LogP contribution in [0.5, 0.6) is 0 Å². The molecular formula is C24H24ClN5. The molecule has 4 aromatic rings. The number of piperidine rings is 1. The number of pyridine rings is 1. The zero-order chi connectivity index (χ0) is 20.5. The Morgan fingerprint density at radius 3 is 2.83 bits per heavy atom. The van der Waals surface area contributed by atoms with E-state index in [1.54, 1.807) is 0 Å². The van der Waals surface area contributed by atoms with E-state index in [9.17, 15) is 0 Å². The first kappa shape index (κ1) is 19.1. The van der Waals surface area contributed by atoms with Crippen molar-refractivity contribution in [3.05, 3.63) is 70.8 Å². The van der Waals surface area contributed by atoms with Gasteiger partial charge in [-0.05, 0) is 56.1 Å². The van der Waals surface area contributed by atoms with Gasteiger partial charge in [0.1, 0.15) is 5.65 Å². The van der Waals surface area contributed by atoms with Crippen LogP contribution in [0, 0.1) is 6.92 Å². The summed E-state index contributed by atoms with van der Waals surface area (Å²) in [6.45, 7) is 4.18.